The fourth-order valence-corrected chi connectivity index (χ4v) is 3.10. The molecule has 0 atom stereocenters. The zero-order chi connectivity index (χ0) is 15.4. The number of phenolic OH excluding ortho intramolecular Hbond substituents is 1. The van der Waals surface area contributed by atoms with Crippen LogP contribution in [0.5, 0.6) is 11.5 Å². The molecule has 0 aromatic heterocycles. The Kier molecular flexibility index (Phi) is 5.03. The second kappa shape index (κ2) is 6.78. The third-order valence-electron chi connectivity index (χ3n) is 2.77. The van der Waals surface area contributed by atoms with Crippen molar-refractivity contribution in [3.63, 3.8) is 0 Å². The van der Waals surface area contributed by atoms with Gasteiger partial charge in [0.25, 0.3) is 5.91 Å². The number of aromatic hydroxyl groups is 1. The van der Waals surface area contributed by atoms with Crippen LogP contribution in [-0.4, -0.2) is 33.4 Å². The molecule has 1 heterocycles. The summed E-state index contributed by atoms with van der Waals surface area (Å²) in [5, 5.41) is 9.68. The molecule has 0 bridgehead atoms. The van der Waals surface area contributed by atoms with E-state index in [4.69, 9.17) is 17.0 Å². The van der Waals surface area contributed by atoms with Gasteiger partial charge in [0.15, 0.2) is 11.5 Å². The van der Waals surface area contributed by atoms with Crippen molar-refractivity contribution < 1.29 is 14.6 Å². The van der Waals surface area contributed by atoms with Crippen LogP contribution < -0.4 is 4.74 Å². The van der Waals surface area contributed by atoms with Crippen molar-refractivity contribution in [1.82, 2.24) is 4.90 Å². The molecule has 0 radical (unpaired) electrons. The predicted octanol–water partition coefficient (Wildman–Crippen LogP) is 3.18. The lowest BCUT2D eigenvalue weighted by Crippen LogP contribution is -2.27. The van der Waals surface area contributed by atoms with Gasteiger partial charge in [0.05, 0.1) is 11.5 Å². The molecule has 0 saturated carbocycles. The molecule has 0 unspecified atom stereocenters. The summed E-state index contributed by atoms with van der Waals surface area (Å²) in [7, 11) is 0. The average Bonchev–Trinajstić information content (AvgIpc) is 2.71. The maximum atomic E-state index is 12.2. The summed E-state index contributed by atoms with van der Waals surface area (Å²) < 4.78 is 5.85. The molecular formula is C15H15NO3S2. The first-order chi connectivity index (χ1) is 10.1. The number of hydrogen-bond acceptors (Lipinski definition) is 5. The minimum absolute atomic E-state index is 0.0770. The molecule has 4 nitrogen and oxygen atoms in total. The van der Waals surface area contributed by atoms with E-state index < -0.39 is 0 Å². The molecule has 110 valence electrons. The number of benzene rings is 1. The molecule has 1 fully saturated rings. The highest BCUT2D eigenvalue weighted by molar-refractivity contribution is 8.26. The summed E-state index contributed by atoms with van der Waals surface area (Å²) in [5.41, 5.74) is 0.773. The van der Waals surface area contributed by atoms with E-state index >= 15 is 0 Å². The highest BCUT2D eigenvalue weighted by atomic mass is 32.2. The van der Waals surface area contributed by atoms with Crippen molar-refractivity contribution in [2.45, 2.75) is 6.92 Å². The van der Waals surface area contributed by atoms with Gasteiger partial charge in [-0.2, -0.15) is 0 Å². The highest BCUT2D eigenvalue weighted by Gasteiger charge is 2.30. The fraction of sp³-hybridized carbons (Fsp3) is 0.200. The lowest BCUT2D eigenvalue weighted by molar-refractivity contribution is -0.121. The number of carbonyl (C=O) groups is 1. The molecule has 0 spiro atoms. The van der Waals surface area contributed by atoms with Gasteiger partial charge in [-0.05, 0) is 30.7 Å². The monoisotopic (exact) mass is 321 g/mol. The number of ether oxygens (including phenoxy) is 1. The summed E-state index contributed by atoms with van der Waals surface area (Å²) in [5.74, 6) is 0.344. The van der Waals surface area contributed by atoms with E-state index in [1.165, 1.54) is 16.7 Å². The van der Waals surface area contributed by atoms with Gasteiger partial charge in [0.2, 0.25) is 0 Å². The van der Waals surface area contributed by atoms with Gasteiger partial charge >= 0.3 is 0 Å². The number of amides is 1. The molecule has 0 aliphatic carbocycles. The van der Waals surface area contributed by atoms with Crippen LogP contribution in [0.25, 0.3) is 6.08 Å². The third kappa shape index (κ3) is 3.46. The highest BCUT2D eigenvalue weighted by Crippen LogP contribution is 2.34. The molecule has 1 saturated heterocycles. The predicted molar refractivity (Wildman–Crippen MR) is 89.4 cm³/mol. The summed E-state index contributed by atoms with van der Waals surface area (Å²) in [6.07, 6.45) is 3.38. The molecule has 1 aromatic rings. The van der Waals surface area contributed by atoms with Gasteiger partial charge < -0.3 is 9.84 Å². The minimum Gasteiger partial charge on any atom is -0.504 e. The molecule has 1 N–H and O–H groups in total. The van der Waals surface area contributed by atoms with Crippen molar-refractivity contribution in [2.75, 3.05) is 13.2 Å². The summed E-state index contributed by atoms with van der Waals surface area (Å²) in [6, 6.07) is 4.96. The van der Waals surface area contributed by atoms with Gasteiger partial charge in [0.1, 0.15) is 4.32 Å². The summed E-state index contributed by atoms with van der Waals surface area (Å²) in [6.45, 7) is 6.32. The topological polar surface area (TPSA) is 49.8 Å². The normalized spacial score (nSPS) is 16.6. The number of hydrogen-bond donors (Lipinski definition) is 1. The van der Waals surface area contributed by atoms with Gasteiger partial charge in [-0.15, -0.1) is 6.58 Å². The van der Waals surface area contributed by atoms with E-state index in [-0.39, 0.29) is 11.7 Å². The molecule has 6 heteroatoms. The van der Waals surface area contributed by atoms with Crippen LogP contribution in [0.2, 0.25) is 0 Å². The van der Waals surface area contributed by atoms with Crippen molar-refractivity contribution >= 4 is 40.3 Å². The first-order valence-corrected chi connectivity index (χ1v) is 7.61. The molecule has 1 amide bonds. The Bertz CT molecular complexity index is 625. The van der Waals surface area contributed by atoms with Crippen LogP contribution in [0.15, 0.2) is 35.8 Å². The minimum atomic E-state index is -0.129. The lowest BCUT2D eigenvalue weighted by Gasteiger charge is -2.10. The van der Waals surface area contributed by atoms with Crippen LogP contribution in [-0.2, 0) is 4.79 Å². The summed E-state index contributed by atoms with van der Waals surface area (Å²) >= 11 is 6.44. The van der Waals surface area contributed by atoms with Crippen LogP contribution in [0.4, 0.5) is 0 Å². The largest absolute Gasteiger partial charge is 0.504 e. The number of phenols is 1. The first kappa shape index (κ1) is 15.6. The second-order valence-corrected chi connectivity index (χ2v) is 5.92. The third-order valence-corrected chi connectivity index (χ3v) is 4.14. The molecule has 21 heavy (non-hydrogen) atoms. The Morgan fingerprint density at radius 3 is 2.95 bits per heavy atom. The zero-order valence-electron chi connectivity index (χ0n) is 11.5. The van der Waals surface area contributed by atoms with Gasteiger partial charge in [-0.3, -0.25) is 9.69 Å². The number of rotatable bonds is 5. The van der Waals surface area contributed by atoms with Crippen molar-refractivity contribution in [1.29, 1.82) is 0 Å². The maximum absolute atomic E-state index is 12.2. The van der Waals surface area contributed by atoms with Crippen LogP contribution in [0.3, 0.4) is 0 Å². The van der Waals surface area contributed by atoms with E-state index in [0.29, 0.717) is 28.1 Å². The fourth-order valence-electron chi connectivity index (χ4n) is 1.83. The SMILES string of the molecule is C=CCN1C(=O)/C(=C\c2ccc(O)c(OCC)c2)SC1=S. The Morgan fingerprint density at radius 1 is 1.52 bits per heavy atom. The molecule has 1 aromatic carbocycles. The smallest absolute Gasteiger partial charge is 0.266 e. The standard InChI is InChI=1S/C15H15NO3S2/c1-3-7-16-14(18)13(21-15(16)20)9-10-5-6-11(17)12(8-10)19-4-2/h3,5-6,8-9,17H,1,4,7H2,2H3/b13-9+. The van der Waals surface area contributed by atoms with E-state index in [2.05, 4.69) is 6.58 Å². The second-order valence-electron chi connectivity index (χ2n) is 4.24. The lowest BCUT2D eigenvalue weighted by atomic mass is 10.2. The van der Waals surface area contributed by atoms with E-state index in [0.717, 1.165) is 5.56 Å². The first-order valence-electron chi connectivity index (χ1n) is 6.39. The maximum Gasteiger partial charge on any atom is 0.266 e. The van der Waals surface area contributed by atoms with Crippen molar-refractivity contribution in [2.24, 2.45) is 0 Å². The van der Waals surface area contributed by atoms with Gasteiger partial charge in [-0.1, -0.05) is 36.1 Å². The Labute approximate surface area is 133 Å². The van der Waals surface area contributed by atoms with E-state index in [1.54, 1.807) is 30.4 Å². The van der Waals surface area contributed by atoms with Crippen LogP contribution in [0.1, 0.15) is 12.5 Å². The Morgan fingerprint density at radius 2 is 2.29 bits per heavy atom. The van der Waals surface area contributed by atoms with Crippen molar-refractivity contribution in [3.05, 3.63) is 41.3 Å². The average molecular weight is 321 g/mol. The van der Waals surface area contributed by atoms with E-state index in [1.807, 2.05) is 6.92 Å². The van der Waals surface area contributed by atoms with Crippen molar-refractivity contribution in [3.8, 4) is 11.5 Å². The van der Waals surface area contributed by atoms with Gasteiger partial charge in [0, 0.05) is 6.54 Å². The number of thioether (sulfide) groups is 1. The van der Waals surface area contributed by atoms with Crippen LogP contribution in [0, 0.1) is 0 Å². The molecule has 2 rings (SSSR count). The molecule has 1 aliphatic heterocycles. The number of thiocarbonyl (C=S) groups is 1. The number of carbonyl (C=O) groups excluding carboxylic acids is 1. The molecule has 1 aliphatic rings. The van der Waals surface area contributed by atoms with Crippen LogP contribution >= 0.6 is 24.0 Å². The van der Waals surface area contributed by atoms with Gasteiger partial charge in [-0.25, -0.2) is 0 Å². The summed E-state index contributed by atoms with van der Waals surface area (Å²) in [4.78, 5) is 14.3. The molecular weight excluding hydrogens is 306 g/mol. The Hall–Kier alpha value is -1.79. The number of nitrogens with zero attached hydrogens (tertiary/aromatic N) is 1. The quantitative estimate of drug-likeness (QED) is 0.513. The zero-order valence-corrected chi connectivity index (χ0v) is 13.2. The Balaban J connectivity index is 2.28. The van der Waals surface area contributed by atoms with E-state index in [9.17, 15) is 9.90 Å².